The van der Waals surface area contributed by atoms with Gasteiger partial charge in [-0.1, -0.05) is 12.2 Å². The molecule has 7 heavy (non-hydrogen) atoms. The lowest BCUT2D eigenvalue weighted by Gasteiger charge is -1.95. The normalized spacial score (nSPS) is 15.3. The van der Waals surface area contributed by atoms with Crippen LogP contribution in [0.3, 0.4) is 0 Å². The van der Waals surface area contributed by atoms with Gasteiger partial charge in [-0.2, -0.15) is 11.8 Å². The molecule has 0 aliphatic rings. The first kappa shape index (κ1) is 7.09. The third-order valence-electron chi connectivity index (χ3n) is 0.835. The van der Waals surface area contributed by atoms with Crippen LogP contribution >= 0.6 is 11.8 Å². The summed E-state index contributed by atoms with van der Waals surface area (Å²) in [4.78, 5) is 0. The van der Waals surface area contributed by atoms with Crippen LogP contribution in [0.15, 0.2) is 12.2 Å². The van der Waals surface area contributed by atoms with Crippen LogP contribution in [0.1, 0.15) is 13.8 Å². The van der Waals surface area contributed by atoms with Crippen molar-refractivity contribution in [2.45, 2.75) is 19.1 Å². The van der Waals surface area contributed by atoms with Crippen LogP contribution in [0.4, 0.5) is 0 Å². The topological polar surface area (TPSA) is 0 Å². The molecule has 0 heterocycles. The van der Waals surface area contributed by atoms with Gasteiger partial charge in [-0.05, 0) is 20.1 Å². The van der Waals surface area contributed by atoms with Gasteiger partial charge in [0, 0.05) is 5.25 Å². The molecule has 0 nitrogen and oxygen atoms in total. The van der Waals surface area contributed by atoms with Crippen LogP contribution in [0.2, 0.25) is 0 Å². The van der Waals surface area contributed by atoms with Crippen molar-refractivity contribution >= 4 is 11.8 Å². The Hall–Kier alpha value is 0.0900. The van der Waals surface area contributed by atoms with Crippen LogP contribution in [0.5, 0.6) is 0 Å². The van der Waals surface area contributed by atoms with Gasteiger partial charge < -0.3 is 0 Å². The molecule has 0 bridgehead atoms. The minimum atomic E-state index is 0.685. The average molecular weight is 116 g/mol. The lowest BCUT2D eigenvalue weighted by atomic mass is 10.4. The molecule has 1 atom stereocenters. The Morgan fingerprint density at radius 2 is 2.14 bits per heavy atom. The van der Waals surface area contributed by atoms with E-state index in [1.54, 1.807) is 0 Å². The van der Waals surface area contributed by atoms with Crippen LogP contribution in [0.25, 0.3) is 0 Å². The summed E-state index contributed by atoms with van der Waals surface area (Å²) in [6.45, 7) is 4.23. The number of rotatable bonds is 2. The van der Waals surface area contributed by atoms with Gasteiger partial charge in [0.25, 0.3) is 0 Å². The Labute approximate surface area is 50.0 Å². The van der Waals surface area contributed by atoms with Crippen molar-refractivity contribution in [2.75, 3.05) is 6.26 Å². The molecule has 0 fully saturated rings. The highest BCUT2D eigenvalue weighted by Crippen LogP contribution is 2.04. The smallest absolute Gasteiger partial charge is 0.0195 e. The predicted octanol–water partition coefficient (Wildman–Crippen LogP) is 2.31. The molecule has 1 heteroatoms. The first-order chi connectivity index (χ1) is 3.31. The minimum Gasteiger partial charge on any atom is -0.158 e. The lowest BCUT2D eigenvalue weighted by Crippen LogP contribution is -1.84. The molecule has 0 amide bonds. The van der Waals surface area contributed by atoms with E-state index in [1.165, 1.54) is 0 Å². The molecular formula is C6H12S. The summed E-state index contributed by atoms with van der Waals surface area (Å²) in [5.74, 6) is 0. The molecule has 0 aromatic heterocycles. The van der Waals surface area contributed by atoms with Gasteiger partial charge in [-0.25, -0.2) is 0 Å². The van der Waals surface area contributed by atoms with Crippen LogP contribution in [0, 0.1) is 0 Å². The molecule has 0 aromatic rings. The fraction of sp³-hybridized carbons (Fsp3) is 0.667. The maximum Gasteiger partial charge on any atom is 0.0195 e. The lowest BCUT2D eigenvalue weighted by molar-refractivity contribution is 1.24. The maximum atomic E-state index is 2.19. The Morgan fingerprint density at radius 1 is 1.57 bits per heavy atom. The average Bonchev–Trinajstić information content (AvgIpc) is 1.68. The van der Waals surface area contributed by atoms with E-state index in [0.29, 0.717) is 5.25 Å². The van der Waals surface area contributed by atoms with Gasteiger partial charge >= 0.3 is 0 Å². The van der Waals surface area contributed by atoms with E-state index in [4.69, 9.17) is 0 Å². The molecule has 1 unspecified atom stereocenters. The summed E-state index contributed by atoms with van der Waals surface area (Å²) in [6, 6.07) is 0. The second-order valence-corrected chi connectivity index (χ2v) is 2.68. The highest BCUT2D eigenvalue weighted by molar-refractivity contribution is 7.99. The largest absolute Gasteiger partial charge is 0.158 e. The molecule has 0 rings (SSSR count). The highest BCUT2D eigenvalue weighted by Gasteiger charge is 1.86. The summed E-state index contributed by atoms with van der Waals surface area (Å²) in [5, 5.41) is 0.685. The van der Waals surface area contributed by atoms with Gasteiger partial charge in [0.1, 0.15) is 0 Å². The molecule has 0 aliphatic carbocycles. The zero-order chi connectivity index (χ0) is 5.70. The van der Waals surface area contributed by atoms with Gasteiger partial charge in [-0.15, -0.1) is 0 Å². The summed E-state index contributed by atoms with van der Waals surface area (Å²) in [7, 11) is 0. The van der Waals surface area contributed by atoms with E-state index in [-0.39, 0.29) is 0 Å². The molecule has 0 saturated carbocycles. The fourth-order valence-corrected chi connectivity index (χ4v) is 0.664. The van der Waals surface area contributed by atoms with Crippen molar-refractivity contribution in [2.24, 2.45) is 0 Å². The van der Waals surface area contributed by atoms with Crippen molar-refractivity contribution in [1.82, 2.24) is 0 Å². The molecule has 42 valence electrons. The molecule has 0 radical (unpaired) electrons. The number of hydrogen-bond acceptors (Lipinski definition) is 1. The molecule has 0 spiro atoms. The second kappa shape index (κ2) is 4.25. The molecule has 0 saturated heterocycles. The monoisotopic (exact) mass is 116 g/mol. The van der Waals surface area contributed by atoms with E-state index in [0.717, 1.165) is 0 Å². The number of allylic oxidation sites excluding steroid dienone is 1. The van der Waals surface area contributed by atoms with Crippen LogP contribution in [-0.2, 0) is 0 Å². The predicted molar refractivity (Wildman–Crippen MR) is 37.8 cm³/mol. The fourth-order valence-electron chi connectivity index (χ4n) is 0.350. The summed E-state index contributed by atoms with van der Waals surface area (Å²) in [5.41, 5.74) is 0. The standard InChI is InChI=1S/C6H12S/c1-4-5-6(2)7-3/h4-6H,1-3H3/b5-4+. The van der Waals surface area contributed by atoms with E-state index in [2.05, 4.69) is 25.3 Å². The highest BCUT2D eigenvalue weighted by atomic mass is 32.2. The van der Waals surface area contributed by atoms with Crippen molar-refractivity contribution in [3.8, 4) is 0 Å². The van der Waals surface area contributed by atoms with Crippen molar-refractivity contribution in [1.29, 1.82) is 0 Å². The summed E-state index contributed by atoms with van der Waals surface area (Å²) < 4.78 is 0. The van der Waals surface area contributed by atoms with Crippen LogP contribution < -0.4 is 0 Å². The zero-order valence-corrected chi connectivity index (χ0v) is 5.96. The minimum absolute atomic E-state index is 0.685. The van der Waals surface area contributed by atoms with Crippen LogP contribution in [-0.4, -0.2) is 11.5 Å². The summed E-state index contributed by atoms with van der Waals surface area (Å²) >= 11 is 1.86. The van der Waals surface area contributed by atoms with Crippen molar-refractivity contribution < 1.29 is 0 Å². The Morgan fingerprint density at radius 3 is 2.29 bits per heavy atom. The molecular weight excluding hydrogens is 104 g/mol. The van der Waals surface area contributed by atoms with E-state index in [1.807, 2.05) is 18.7 Å². The van der Waals surface area contributed by atoms with Crippen molar-refractivity contribution in [3.05, 3.63) is 12.2 Å². The van der Waals surface area contributed by atoms with Gasteiger partial charge in [-0.3, -0.25) is 0 Å². The van der Waals surface area contributed by atoms with Gasteiger partial charge in [0.15, 0.2) is 0 Å². The Balaban J connectivity index is 3.16. The zero-order valence-electron chi connectivity index (χ0n) is 5.14. The Bertz CT molecular complexity index is 57.2. The number of thioether (sulfide) groups is 1. The van der Waals surface area contributed by atoms with E-state index in [9.17, 15) is 0 Å². The Kier molecular flexibility index (Phi) is 4.31. The molecule has 0 aliphatic heterocycles. The summed E-state index contributed by atoms with van der Waals surface area (Å²) in [6.07, 6.45) is 6.39. The first-order valence-electron chi connectivity index (χ1n) is 2.47. The quantitative estimate of drug-likeness (QED) is 0.499. The maximum absolute atomic E-state index is 2.19. The SMILES string of the molecule is C/C=C/C(C)SC. The molecule has 0 N–H and O–H groups in total. The van der Waals surface area contributed by atoms with E-state index >= 15 is 0 Å². The third kappa shape index (κ3) is 3.93. The first-order valence-corrected chi connectivity index (χ1v) is 3.75. The number of hydrogen-bond donors (Lipinski definition) is 0. The third-order valence-corrected chi connectivity index (χ3v) is 1.74. The van der Waals surface area contributed by atoms with E-state index < -0.39 is 0 Å². The van der Waals surface area contributed by atoms with Gasteiger partial charge in [0.2, 0.25) is 0 Å². The van der Waals surface area contributed by atoms with Crippen molar-refractivity contribution in [3.63, 3.8) is 0 Å². The van der Waals surface area contributed by atoms with Gasteiger partial charge in [0.05, 0.1) is 0 Å². The second-order valence-electron chi connectivity index (χ2n) is 1.47. The molecule has 0 aromatic carbocycles.